The van der Waals surface area contributed by atoms with Crippen LogP contribution in [-0.4, -0.2) is 54.3 Å². The molecule has 0 unspecified atom stereocenters. The largest absolute Gasteiger partial charge is 0.302 e. The van der Waals surface area contributed by atoms with E-state index in [9.17, 15) is 8.42 Å². The van der Waals surface area contributed by atoms with Crippen LogP contribution in [0.2, 0.25) is 0 Å². The lowest BCUT2D eigenvalue weighted by molar-refractivity contribution is 0.299. The van der Waals surface area contributed by atoms with Crippen molar-refractivity contribution in [3.63, 3.8) is 0 Å². The fourth-order valence-corrected chi connectivity index (χ4v) is 5.42. The smallest absolute Gasteiger partial charge is 0.243 e. The molecule has 4 rings (SSSR count). The number of sulfonamides is 1. The molecule has 2 aromatic rings. The van der Waals surface area contributed by atoms with E-state index >= 15 is 0 Å². The first-order valence-corrected chi connectivity index (χ1v) is 11.0. The van der Waals surface area contributed by atoms with Crippen LogP contribution in [0, 0.1) is 6.92 Å². The van der Waals surface area contributed by atoms with E-state index in [-0.39, 0.29) is 5.92 Å². The highest BCUT2D eigenvalue weighted by Crippen LogP contribution is 2.29. The lowest BCUT2D eigenvalue weighted by Gasteiger charge is -2.32. The van der Waals surface area contributed by atoms with Gasteiger partial charge in [-0.15, -0.1) is 0 Å². The van der Waals surface area contributed by atoms with Gasteiger partial charge in [-0.3, -0.25) is 0 Å². The summed E-state index contributed by atoms with van der Waals surface area (Å²) in [5.41, 5.74) is 3.36. The molecule has 7 heteroatoms. The van der Waals surface area contributed by atoms with Gasteiger partial charge in [0.15, 0.2) is 0 Å². The number of benzene rings is 1. The average molecular weight is 387 g/mol. The third-order valence-corrected chi connectivity index (χ3v) is 7.43. The van der Waals surface area contributed by atoms with Gasteiger partial charge in [-0.1, -0.05) is 17.7 Å². The number of nitrogens with zero attached hydrogens (tertiary/aromatic N) is 4. The molecule has 0 bridgehead atoms. The number of aromatic nitrogens is 2. The Labute approximate surface area is 161 Å². The van der Waals surface area contributed by atoms with Gasteiger partial charge >= 0.3 is 0 Å². The Morgan fingerprint density at radius 2 is 1.93 bits per heavy atom. The molecule has 0 N–H and O–H groups in total. The predicted octanol–water partition coefficient (Wildman–Crippen LogP) is 2.34. The highest BCUT2D eigenvalue weighted by atomic mass is 32.2. The van der Waals surface area contributed by atoms with Gasteiger partial charge in [0.25, 0.3) is 0 Å². The van der Waals surface area contributed by atoms with E-state index in [1.807, 2.05) is 25.3 Å². The Hall–Kier alpha value is -1.83. The van der Waals surface area contributed by atoms with Crippen LogP contribution in [0.25, 0.3) is 0 Å². The molecular formula is C20H26N4O2S. The number of aryl methyl sites for hydroxylation is 1. The van der Waals surface area contributed by atoms with Crippen molar-refractivity contribution in [1.82, 2.24) is 19.2 Å². The number of likely N-dealkylation sites (N-methyl/N-ethyl adjacent to an activating group) is 1. The van der Waals surface area contributed by atoms with Crippen LogP contribution in [0.3, 0.4) is 0 Å². The summed E-state index contributed by atoms with van der Waals surface area (Å²) in [6.45, 7) is 4.85. The maximum Gasteiger partial charge on any atom is 0.243 e. The average Bonchev–Trinajstić information content (AvgIpc) is 2.68. The highest BCUT2D eigenvalue weighted by Gasteiger charge is 2.32. The van der Waals surface area contributed by atoms with E-state index in [4.69, 9.17) is 4.98 Å². The first-order chi connectivity index (χ1) is 12.9. The lowest BCUT2D eigenvalue weighted by atomic mass is 9.98. The van der Waals surface area contributed by atoms with Gasteiger partial charge in [0.05, 0.1) is 4.90 Å². The zero-order valence-electron chi connectivity index (χ0n) is 15.9. The zero-order chi connectivity index (χ0) is 19.0. The second-order valence-corrected chi connectivity index (χ2v) is 9.64. The van der Waals surface area contributed by atoms with E-state index in [0.717, 1.165) is 49.4 Å². The van der Waals surface area contributed by atoms with Gasteiger partial charge in [-0.25, -0.2) is 18.4 Å². The summed E-state index contributed by atoms with van der Waals surface area (Å²) in [5.74, 6) is 0.853. The molecule has 2 aliphatic rings. The second-order valence-electron chi connectivity index (χ2n) is 7.70. The van der Waals surface area contributed by atoms with Crippen molar-refractivity contribution in [3.8, 4) is 0 Å². The van der Waals surface area contributed by atoms with Crippen LogP contribution in [0.4, 0.5) is 0 Å². The number of fused-ring (bicyclic) bond motifs is 1. The van der Waals surface area contributed by atoms with Gasteiger partial charge in [0, 0.05) is 56.0 Å². The summed E-state index contributed by atoms with van der Waals surface area (Å²) in [7, 11) is -1.37. The summed E-state index contributed by atoms with van der Waals surface area (Å²) in [5, 5.41) is 0. The van der Waals surface area contributed by atoms with Crippen molar-refractivity contribution in [2.75, 3.05) is 26.7 Å². The standard InChI is InChI=1S/C20H26N4O2S/c1-15-5-7-18(8-6-15)27(25,26)24-10-3-4-16(14-24)20-21-12-17-13-23(2)11-9-19(17)22-20/h5-8,12,16H,3-4,9-11,13-14H2,1-2H3/t16-/m0/s1. The van der Waals surface area contributed by atoms with Gasteiger partial charge in [-0.05, 0) is 38.9 Å². The van der Waals surface area contributed by atoms with E-state index in [0.29, 0.717) is 18.0 Å². The van der Waals surface area contributed by atoms with Gasteiger partial charge in [-0.2, -0.15) is 4.31 Å². The minimum atomic E-state index is -3.47. The summed E-state index contributed by atoms with van der Waals surface area (Å²) in [4.78, 5) is 12.0. The minimum absolute atomic E-state index is 0.0592. The van der Waals surface area contributed by atoms with Crippen LogP contribution in [0.5, 0.6) is 0 Å². The third kappa shape index (κ3) is 3.77. The summed E-state index contributed by atoms with van der Waals surface area (Å²) in [6.07, 6.45) is 4.62. The Kier molecular flexibility index (Phi) is 5.01. The third-order valence-electron chi connectivity index (χ3n) is 5.55. The van der Waals surface area contributed by atoms with Crippen molar-refractivity contribution < 1.29 is 8.42 Å². The topological polar surface area (TPSA) is 66.4 Å². The van der Waals surface area contributed by atoms with Crippen LogP contribution in [0.1, 0.15) is 41.4 Å². The van der Waals surface area contributed by atoms with Gasteiger partial charge < -0.3 is 4.90 Å². The van der Waals surface area contributed by atoms with E-state index in [1.54, 1.807) is 16.4 Å². The SMILES string of the molecule is Cc1ccc(S(=O)(=O)N2CCC[C@H](c3ncc4c(n3)CCN(C)C4)C2)cc1. The molecular weight excluding hydrogens is 360 g/mol. The molecule has 3 heterocycles. The quantitative estimate of drug-likeness (QED) is 0.810. The number of hydrogen-bond donors (Lipinski definition) is 0. The first-order valence-electron chi connectivity index (χ1n) is 9.53. The molecule has 0 saturated carbocycles. The number of hydrogen-bond acceptors (Lipinski definition) is 5. The molecule has 144 valence electrons. The molecule has 2 aliphatic heterocycles. The fraction of sp³-hybridized carbons (Fsp3) is 0.500. The number of piperidine rings is 1. The molecule has 0 aliphatic carbocycles. The minimum Gasteiger partial charge on any atom is -0.302 e. The normalized spacial score (nSPS) is 21.8. The molecule has 1 fully saturated rings. The van der Waals surface area contributed by atoms with Crippen molar-refractivity contribution in [3.05, 3.63) is 53.1 Å². The first kappa shape index (κ1) is 18.5. The Morgan fingerprint density at radius 3 is 2.70 bits per heavy atom. The Balaban J connectivity index is 1.55. The molecule has 1 atom stereocenters. The highest BCUT2D eigenvalue weighted by molar-refractivity contribution is 7.89. The summed E-state index contributed by atoms with van der Waals surface area (Å²) < 4.78 is 27.6. The van der Waals surface area contributed by atoms with Crippen LogP contribution in [-0.2, 0) is 23.0 Å². The molecule has 0 radical (unpaired) electrons. The van der Waals surface area contributed by atoms with Crippen molar-refractivity contribution in [2.45, 2.75) is 43.5 Å². The monoisotopic (exact) mass is 386 g/mol. The molecule has 0 amide bonds. The zero-order valence-corrected chi connectivity index (χ0v) is 16.7. The second kappa shape index (κ2) is 7.30. The van der Waals surface area contributed by atoms with Gasteiger partial charge in [0.1, 0.15) is 5.82 Å². The Morgan fingerprint density at radius 1 is 1.15 bits per heavy atom. The molecule has 1 saturated heterocycles. The predicted molar refractivity (Wildman–Crippen MR) is 104 cm³/mol. The maximum absolute atomic E-state index is 13.0. The number of rotatable bonds is 3. The Bertz CT molecular complexity index is 927. The van der Waals surface area contributed by atoms with E-state index in [1.165, 1.54) is 5.56 Å². The van der Waals surface area contributed by atoms with Crippen molar-refractivity contribution >= 4 is 10.0 Å². The molecule has 1 aromatic heterocycles. The summed E-state index contributed by atoms with van der Waals surface area (Å²) >= 11 is 0. The van der Waals surface area contributed by atoms with Gasteiger partial charge in [0.2, 0.25) is 10.0 Å². The molecule has 0 spiro atoms. The van der Waals surface area contributed by atoms with Crippen molar-refractivity contribution in [2.24, 2.45) is 0 Å². The molecule has 6 nitrogen and oxygen atoms in total. The lowest BCUT2D eigenvalue weighted by Crippen LogP contribution is -2.39. The van der Waals surface area contributed by atoms with E-state index in [2.05, 4.69) is 16.9 Å². The summed E-state index contributed by atoms with van der Waals surface area (Å²) in [6, 6.07) is 7.08. The van der Waals surface area contributed by atoms with Crippen LogP contribution >= 0.6 is 0 Å². The molecule has 27 heavy (non-hydrogen) atoms. The van der Waals surface area contributed by atoms with Crippen LogP contribution < -0.4 is 0 Å². The van der Waals surface area contributed by atoms with Crippen LogP contribution in [0.15, 0.2) is 35.4 Å². The van der Waals surface area contributed by atoms with Crippen molar-refractivity contribution in [1.29, 1.82) is 0 Å². The maximum atomic E-state index is 13.0. The van der Waals surface area contributed by atoms with E-state index < -0.39 is 10.0 Å². The molecule has 1 aromatic carbocycles. The fourth-order valence-electron chi connectivity index (χ4n) is 3.90.